The quantitative estimate of drug-likeness (QED) is 0.794. The topological polar surface area (TPSA) is 90.0 Å². The Morgan fingerprint density at radius 2 is 1.64 bits per heavy atom. The van der Waals surface area contributed by atoms with Crippen molar-refractivity contribution in [3.63, 3.8) is 0 Å². The van der Waals surface area contributed by atoms with Crippen LogP contribution in [-0.2, 0) is 20.9 Å². The summed E-state index contributed by atoms with van der Waals surface area (Å²) in [6.45, 7) is 0.969. The van der Waals surface area contributed by atoms with Gasteiger partial charge in [-0.15, -0.1) is 0 Å². The second-order valence-electron chi connectivity index (χ2n) is 6.40. The number of likely N-dealkylation sites (tertiary alicyclic amines) is 2. The van der Waals surface area contributed by atoms with Crippen molar-refractivity contribution in [3.05, 3.63) is 35.9 Å². The van der Waals surface area contributed by atoms with Crippen molar-refractivity contribution in [3.8, 4) is 0 Å². The smallest absolute Gasteiger partial charge is 0.410 e. The van der Waals surface area contributed by atoms with Crippen LogP contribution in [0.3, 0.4) is 0 Å². The molecular weight excluding hydrogens is 324 g/mol. The molecule has 2 saturated heterocycles. The van der Waals surface area contributed by atoms with Crippen LogP contribution in [0.4, 0.5) is 4.79 Å². The largest absolute Gasteiger partial charge is 0.548 e. The van der Waals surface area contributed by atoms with Crippen LogP contribution < -0.4 is 5.11 Å². The number of nitrogens with zero attached hydrogens (tertiary/aromatic N) is 2. The minimum Gasteiger partial charge on any atom is -0.548 e. The van der Waals surface area contributed by atoms with Crippen LogP contribution in [0.2, 0.25) is 0 Å². The van der Waals surface area contributed by atoms with Crippen molar-refractivity contribution in [2.45, 2.75) is 44.4 Å². The normalized spacial score (nSPS) is 22.9. The van der Waals surface area contributed by atoms with E-state index < -0.39 is 24.1 Å². The Balaban J connectivity index is 1.62. The third-order valence-electron chi connectivity index (χ3n) is 4.79. The Morgan fingerprint density at radius 3 is 2.32 bits per heavy atom. The third-order valence-corrected chi connectivity index (χ3v) is 4.79. The summed E-state index contributed by atoms with van der Waals surface area (Å²) in [7, 11) is 0. The fourth-order valence-corrected chi connectivity index (χ4v) is 3.51. The summed E-state index contributed by atoms with van der Waals surface area (Å²) in [5, 5.41) is 11.2. The van der Waals surface area contributed by atoms with Crippen molar-refractivity contribution in [2.24, 2.45) is 0 Å². The molecule has 0 radical (unpaired) electrons. The molecule has 2 atom stereocenters. The molecule has 0 N–H and O–H groups in total. The molecule has 7 heteroatoms. The van der Waals surface area contributed by atoms with Gasteiger partial charge in [-0.05, 0) is 31.2 Å². The summed E-state index contributed by atoms with van der Waals surface area (Å²) in [6, 6.07) is 7.77. The van der Waals surface area contributed by atoms with E-state index in [-0.39, 0.29) is 12.5 Å². The van der Waals surface area contributed by atoms with E-state index in [0.29, 0.717) is 38.8 Å². The minimum atomic E-state index is -1.23. The van der Waals surface area contributed by atoms with Crippen molar-refractivity contribution in [1.29, 1.82) is 0 Å². The summed E-state index contributed by atoms with van der Waals surface area (Å²) in [5.74, 6) is -1.55. The van der Waals surface area contributed by atoms with Crippen LogP contribution in [-0.4, -0.2) is 52.9 Å². The molecular formula is C18H21N2O5-. The fraction of sp³-hybridized carbons (Fsp3) is 0.500. The van der Waals surface area contributed by atoms with E-state index in [1.165, 1.54) is 9.80 Å². The highest BCUT2D eigenvalue weighted by Gasteiger charge is 2.40. The predicted molar refractivity (Wildman–Crippen MR) is 86.1 cm³/mol. The molecule has 134 valence electrons. The number of carboxylic acids is 1. The first kappa shape index (κ1) is 17.3. The zero-order valence-electron chi connectivity index (χ0n) is 13.9. The minimum absolute atomic E-state index is 0.141. The van der Waals surface area contributed by atoms with Gasteiger partial charge in [-0.1, -0.05) is 30.3 Å². The van der Waals surface area contributed by atoms with Gasteiger partial charge in [-0.2, -0.15) is 0 Å². The van der Waals surface area contributed by atoms with E-state index in [2.05, 4.69) is 0 Å². The summed E-state index contributed by atoms with van der Waals surface area (Å²) < 4.78 is 5.32. The van der Waals surface area contributed by atoms with E-state index >= 15 is 0 Å². The predicted octanol–water partition coefficient (Wildman–Crippen LogP) is 0.528. The first-order chi connectivity index (χ1) is 12.1. The summed E-state index contributed by atoms with van der Waals surface area (Å²) in [4.78, 5) is 39.0. The van der Waals surface area contributed by atoms with Crippen LogP contribution in [0.5, 0.6) is 0 Å². The number of carboxylic acid groups (broad SMARTS) is 1. The van der Waals surface area contributed by atoms with Crippen molar-refractivity contribution >= 4 is 18.0 Å². The molecule has 0 spiro atoms. The van der Waals surface area contributed by atoms with Gasteiger partial charge >= 0.3 is 6.09 Å². The molecule has 1 aromatic carbocycles. The van der Waals surface area contributed by atoms with Gasteiger partial charge in [-0.3, -0.25) is 9.69 Å². The molecule has 3 rings (SSSR count). The second kappa shape index (κ2) is 7.55. The molecule has 0 saturated carbocycles. The van der Waals surface area contributed by atoms with Crippen molar-refractivity contribution < 1.29 is 24.2 Å². The molecule has 2 fully saturated rings. The van der Waals surface area contributed by atoms with E-state index in [4.69, 9.17) is 4.74 Å². The number of hydrogen-bond donors (Lipinski definition) is 0. The molecule has 2 heterocycles. The molecule has 2 amide bonds. The average Bonchev–Trinajstić information content (AvgIpc) is 3.29. The maximum atomic E-state index is 12.7. The number of rotatable bonds is 4. The van der Waals surface area contributed by atoms with Gasteiger partial charge in [0.25, 0.3) is 0 Å². The van der Waals surface area contributed by atoms with Crippen molar-refractivity contribution in [1.82, 2.24) is 9.80 Å². The summed E-state index contributed by atoms with van der Waals surface area (Å²) >= 11 is 0. The highest BCUT2D eigenvalue weighted by molar-refractivity contribution is 5.89. The van der Waals surface area contributed by atoms with E-state index in [9.17, 15) is 19.5 Å². The Morgan fingerprint density at radius 1 is 1.00 bits per heavy atom. The number of hydrogen-bond acceptors (Lipinski definition) is 5. The number of amides is 2. The number of aliphatic carboxylic acids is 1. The standard InChI is InChI=1S/C18H22N2O5/c21-16(19-10-5-9-15(19)17(22)23)14-8-4-11-20(14)18(24)25-12-13-6-2-1-3-7-13/h1-3,6-7,14-15H,4-5,8-12H2,(H,22,23)/p-1/t14-,15+/m1/s1. The van der Waals surface area contributed by atoms with E-state index in [1.54, 1.807) is 0 Å². The lowest BCUT2D eigenvalue weighted by atomic mass is 10.1. The van der Waals surface area contributed by atoms with Gasteiger partial charge < -0.3 is 19.5 Å². The lowest BCUT2D eigenvalue weighted by Crippen LogP contribution is -2.53. The molecule has 2 aliphatic rings. The van der Waals surface area contributed by atoms with Crippen LogP contribution in [0.25, 0.3) is 0 Å². The Bertz CT molecular complexity index is 648. The van der Waals surface area contributed by atoms with Gasteiger partial charge in [0.2, 0.25) is 5.91 Å². The van der Waals surface area contributed by atoms with Crippen molar-refractivity contribution in [2.75, 3.05) is 13.1 Å². The first-order valence-corrected chi connectivity index (χ1v) is 8.56. The van der Waals surface area contributed by atoms with Crippen LogP contribution in [0.15, 0.2) is 30.3 Å². The highest BCUT2D eigenvalue weighted by Crippen LogP contribution is 2.25. The molecule has 1 aromatic rings. The van der Waals surface area contributed by atoms with Crippen LogP contribution in [0, 0.1) is 0 Å². The lowest BCUT2D eigenvalue weighted by Gasteiger charge is -2.31. The molecule has 2 aliphatic heterocycles. The Hall–Kier alpha value is -2.57. The fourth-order valence-electron chi connectivity index (χ4n) is 3.51. The zero-order chi connectivity index (χ0) is 17.8. The maximum Gasteiger partial charge on any atom is 0.410 e. The molecule has 25 heavy (non-hydrogen) atoms. The SMILES string of the molecule is O=C([O-])[C@@H]1CCCN1C(=O)[C@H]1CCCN1C(=O)OCc1ccccc1. The van der Waals surface area contributed by atoms with E-state index in [1.807, 2.05) is 30.3 Å². The molecule has 0 unspecified atom stereocenters. The molecule has 0 aliphatic carbocycles. The van der Waals surface area contributed by atoms with Gasteiger partial charge in [-0.25, -0.2) is 4.79 Å². The zero-order valence-corrected chi connectivity index (χ0v) is 13.9. The van der Waals surface area contributed by atoms with Gasteiger partial charge in [0.05, 0.1) is 12.0 Å². The molecule has 0 bridgehead atoms. The Kier molecular flexibility index (Phi) is 5.21. The number of benzene rings is 1. The lowest BCUT2D eigenvalue weighted by molar-refractivity contribution is -0.310. The Labute approximate surface area is 146 Å². The maximum absolute atomic E-state index is 12.7. The summed E-state index contributed by atoms with van der Waals surface area (Å²) in [6.07, 6.45) is 1.72. The average molecular weight is 345 g/mol. The van der Waals surface area contributed by atoms with Crippen LogP contribution >= 0.6 is 0 Å². The number of carbonyl (C=O) groups is 3. The molecule has 7 nitrogen and oxygen atoms in total. The second-order valence-corrected chi connectivity index (χ2v) is 6.40. The molecule has 0 aromatic heterocycles. The van der Waals surface area contributed by atoms with Gasteiger partial charge in [0, 0.05) is 13.1 Å². The van der Waals surface area contributed by atoms with E-state index in [0.717, 1.165) is 5.56 Å². The monoisotopic (exact) mass is 345 g/mol. The van der Waals surface area contributed by atoms with Gasteiger partial charge in [0.15, 0.2) is 0 Å². The first-order valence-electron chi connectivity index (χ1n) is 8.56. The number of ether oxygens (including phenoxy) is 1. The van der Waals surface area contributed by atoms with Crippen LogP contribution in [0.1, 0.15) is 31.2 Å². The third kappa shape index (κ3) is 3.75. The summed E-state index contributed by atoms with van der Waals surface area (Å²) in [5.41, 5.74) is 0.870. The van der Waals surface area contributed by atoms with Gasteiger partial charge in [0.1, 0.15) is 12.6 Å². The number of carbonyl (C=O) groups excluding carboxylic acids is 3. The highest BCUT2D eigenvalue weighted by atomic mass is 16.6.